The number of amides is 2. The van der Waals surface area contributed by atoms with E-state index in [1.165, 1.54) is 30.5 Å². The second-order valence-corrected chi connectivity index (χ2v) is 6.53. The van der Waals surface area contributed by atoms with Crippen LogP contribution in [0.15, 0.2) is 41.0 Å². The first-order chi connectivity index (χ1) is 12.3. The number of benzene rings is 1. The van der Waals surface area contributed by atoms with Crippen LogP contribution in [0.1, 0.15) is 41.2 Å². The molecule has 2 rings (SSSR count). The van der Waals surface area contributed by atoms with E-state index >= 15 is 0 Å². The number of carbonyl (C=O) groups excluding carboxylic acids is 2. The Labute approximate surface area is 155 Å². The number of carbonyl (C=O) groups is 3. The van der Waals surface area contributed by atoms with Gasteiger partial charge in [0.2, 0.25) is 0 Å². The summed E-state index contributed by atoms with van der Waals surface area (Å²) in [5, 5.41) is 14.4. The molecule has 1 aromatic heterocycles. The Morgan fingerprint density at radius 1 is 1.19 bits per heavy atom. The van der Waals surface area contributed by atoms with Crippen LogP contribution in [0.4, 0.5) is 5.69 Å². The lowest BCUT2D eigenvalue weighted by atomic mass is 10.0. The minimum absolute atomic E-state index is 0.0911. The van der Waals surface area contributed by atoms with Gasteiger partial charge in [0.25, 0.3) is 11.8 Å². The van der Waals surface area contributed by atoms with Crippen LogP contribution in [0.25, 0.3) is 0 Å². The van der Waals surface area contributed by atoms with Crippen LogP contribution in [0.2, 0.25) is 5.02 Å². The number of carboxylic acids is 1. The summed E-state index contributed by atoms with van der Waals surface area (Å²) in [4.78, 5) is 35.5. The molecule has 0 aliphatic heterocycles. The average molecular weight is 379 g/mol. The maximum absolute atomic E-state index is 12.3. The van der Waals surface area contributed by atoms with E-state index in [1.54, 1.807) is 6.07 Å². The fourth-order valence-electron chi connectivity index (χ4n) is 2.31. The van der Waals surface area contributed by atoms with Crippen molar-refractivity contribution in [3.05, 3.63) is 52.9 Å². The molecule has 0 fully saturated rings. The van der Waals surface area contributed by atoms with Crippen molar-refractivity contribution in [3.8, 4) is 0 Å². The number of hydrogen-bond acceptors (Lipinski definition) is 4. The van der Waals surface area contributed by atoms with E-state index in [4.69, 9.17) is 16.0 Å². The summed E-state index contributed by atoms with van der Waals surface area (Å²) < 4.78 is 4.99. The summed E-state index contributed by atoms with van der Waals surface area (Å²) in [6.07, 6.45) is 1.68. The summed E-state index contributed by atoms with van der Waals surface area (Å²) in [7, 11) is 0. The van der Waals surface area contributed by atoms with Gasteiger partial charge >= 0.3 is 5.97 Å². The minimum Gasteiger partial charge on any atom is -0.480 e. The Kier molecular flexibility index (Phi) is 6.41. The predicted octanol–water partition coefficient (Wildman–Crippen LogP) is 3.41. The van der Waals surface area contributed by atoms with E-state index < -0.39 is 23.8 Å². The molecule has 1 heterocycles. The highest BCUT2D eigenvalue weighted by Crippen LogP contribution is 2.22. The van der Waals surface area contributed by atoms with E-state index in [9.17, 15) is 19.5 Å². The molecule has 0 aliphatic rings. The van der Waals surface area contributed by atoms with E-state index in [0.29, 0.717) is 12.1 Å². The van der Waals surface area contributed by atoms with Gasteiger partial charge in [0.15, 0.2) is 5.76 Å². The van der Waals surface area contributed by atoms with Crippen molar-refractivity contribution in [2.75, 3.05) is 5.32 Å². The van der Waals surface area contributed by atoms with Gasteiger partial charge in [-0.2, -0.15) is 0 Å². The van der Waals surface area contributed by atoms with Gasteiger partial charge in [0.05, 0.1) is 16.8 Å². The molecule has 0 radical (unpaired) electrons. The Morgan fingerprint density at radius 3 is 2.46 bits per heavy atom. The van der Waals surface area contributed by atoms with Gasteiger partial charge < -0.3 is 20.2 Å². The lowest BCUT2D eigenvalue weighted by Gasteiger charge is -2.17. The van der Waals surface area contributed by atoms with Crippen LogP contribution in [0, 0.1) is 5.92 Å². The molecule has 7 nitrogen and oxygen atoms in total. The van der Waals surface area contributed by atoms with Crippen LogP contribution >= 0.6 is 11.6 Å². The highest BCUT2D eigenvalue weighted by atomic mass is 35.5. The molecule has 2 amide bonds. The highest BCUT2D eigenvalue weighted by molar-refractivity contribution is 6.34. The third kappa shape index (κ3) is 5.10. The number of hydrogen-bond donors (Lipinski definition) is 3. The van der Waals surface area contributed by atoms with E-state index in [0.717, 1.165) is 0 Å². The molecule has 2 aromatic rings. The molecule has 0 saturated carbocycles. The van der Waals surface area contributed by atoms with Gasteiger partial charge in [0.1, 0.15) is 6.04 Å². The van der Waals surface area contributed by atoms with Crippen molar-refractivity contribution >= 4 is 35.1 Å². The second kappa shape index (κ2) is 8.53. The van der Waals surface area contributed by atoms with Crippen molar-refractivity contribution in [2.24, 2.45) is 5.92 Å². The average Bonchev–Trinajstić information content (AvgIpc) is 3.08. The highest BCUT2D eigenvalue weighted by Gasteiger charge is 2.23. The molecule has 0 spiro atoms. The number of aliphatic carboxylic acids is 1. The summed E-state index contributed by atoms with van der Waals surface area (Å²) in [5.74, 6) is -1.91. The Bertz CT molecular complexity index is 802. The van der Waals surface area contributed by atoms with E-state index in [2.05, 4.69) is 10.6 Å². The third-order valence-electron chi connectivity index (χ3n) is 3.53. The minimum atomic E-state index is -1.11. The summed E-state index contributed by atoms with van der Waals surface area (Å²) in [6, 6.07) is 6.43. The van der Waals surface area contributed by atoms with E-state index in [-0.39, 0.29) is 22.3 Å². The number of furan rings is 1. The SMILES string of the molecule is CC(C)CC(NC(=O)c1ccc(NC(=O)c2ccco2)cc1Cl)C(=O)O. The van der Waals surface area contributed by atoms with Crippen molar-refractivity contribution in [1.82, 2.24) is 5.32 Å². The first-order valence-electron chi connectivity index (χ1n) is 7.96. The van der Waals surface area contributed by atoms with Crippen LogP contribution < -0.4 is 10.6 Å². The fourth-order valence-corrected chi connectivity index (χ4v) is 2.57. The standard InChI is InChI=1S/C18H19ClN2O5/c1-10(2)8-14(18(24)25)21-16(22)12-6-5-11(9-13(12)19)20-17(23)15-4-3-7-26-15/h3-7,9-10,14H,8H2,1-2H3,(H,20,23)(H,21,22)(H,24,25). The first-order valence-corrected chi connectivity index (χ1v) is 8.33. The fraction of sp³-hybridized carbons (Fsp3) is 0.278. The molecule has 1 unspecified atom stereocenters. The summed E-state index contributed by atoms with van der Waals surface area (Å²) >= 11 is 6.12. The quantitative estimate of drug-likeness (QED) is 0.684. The lowest BCUT2D eigenvalue weighted by molar-refractivity contribution is -0.139. The number of anilines is 1. The molecule has 0 aliphatic carbocycles. The maximum atomic E-state index is 12.3. The largest absolute Gasteiger partial charge is 0.480 e. The summed E-state index contributed by atoms with van der Waals surface area (Å²) in [5.41, 5.74) is 0.502. The zero-order valence-electron chi connectivity index (χ0n) is 14.3. The smallest absolute Gasteiger partial charge is 0.326 e. The molecule has 1 aromatic carbocycles. The van der Waals surface area contributed by atoms with Crippen LogP contribution in [0.5, 0.6) is 0 Å². The number of halogens is 1. The van der Waals surface area contributed by atoms with E-state index in [1.807, 2.05) is 13.8 Å². The monoisotopic (exact) mass is 378 g/mol. The maximum Gasteiger partial charge on any atom is 0.326 e. The number of carboxylic acid groups (broad SMARTS) is 1. The lowest BCUT2D eigenvalue weighted by Crippen LogP contribution is -2.41. The molecular weight excluding hydrogens is 360 g/mol. The zero-order chi connectivity index (χ0) is 19.3. The van der Waals surface area contributed by atoms with Crippen molar-refractivity contribution in [3.63, 3.8) is 0 Å². The Balaban J connectivity index is 2.09. The molecule has 1 atom stereocenters. The Hall–Kier alpha value is -2.80. The molecule has 138 valence electrons. The van der Waals surface area contributed by atoms with Crippen molar-refractivity contribution in [1.29, 1.82) is 0 Å². The molecule has 8 heteroatoms. The van der Waals surface area contributed by atoms with Gasteiger partial charge in [-0.3, -0.25) is 9.59 Å². The van der Waals surface area contributed by atoms with Crippen LogP contribution in [0.3, 0.4) is 0 Å². The molecule has 0 bridgehead atoms. The van der Waals surface area contributed by atoms with Gasteiger partial charge in [-0.05, 0) is 42.7 Å². The van der Waals surface area contributed by atoms with Gasteiger partial charge in [-0.25, -0.2) is 4.79 Å². The van der Waals surface area contributed by atoms with Crippen molar-refractivity contribution in [2.45, 2.75) is 26.3 Å². The molecular formula is C18H19ClN2O5. The molecule has 26 heavy (non-hydrogen) atoms. The topological polar surface area (TPSA) is 109 Å². The van der Waals surface area contributed by atoms with Crippen LogP contribution in [-0.4, -0.2) is 28.9 Å². The third-order valence-corrected chi connectivity index (χ3v) is 3.84. The Morgan fingerprint density at radius 2 is 1.92 bits per heavy atom. The normalized spacial score (nSPS) is 11.8. The van der Waals surface area contributed by atoms with Gasteiger partial charge in [0, 0.05) is 5.69 Å². The number of nitrogens with one attached hydrogen (secondary N) is 2. The number of rotatable bonds is 7. The van der Waals surface area contributed by atoms with Gasteiger partial charge in [-0.1, -0.05) is 25.4 Å². The van der Waals surface area contributed by atoms with Crippen molar-refractivity contribution < 1.29 is 23.9 Å². The van der Waals surface area contributed by atoms with Gasteiger partial charge in [-0.15, -0.1) is 0 Å². The predicted molar refractivity (Wildman–Crippen MR) is 96.5 cm³/mol. The molecule has 3 N–H and O–H groups in total. The second-order valence-electron chi connectivity index (χ2n) is 6.12. The molecule has 0 saturated heterocycles. The first kappa shape index (κ1) is 19.5. The zero-order valence-corrected chi connectivity index (χ0v) is 15.0. The summed E-state index contributed by atoms with van der Waals surface area (Å²) in [6.45, 7) is 3.73. The van der Waals surface area contributed by atoms with Crippen LogP contribution in [-0.2, 0) is 4.79 Å².